The molecule has 2 saturated heterocycles. The Hall–Kier alpha value is -1.14. The summed E-state index contributed by atoms with van der Waals surface area (Å²) in [6.07, 6.45) is 7.12. The molecule has 0 saturated carbocycles. The van der Waals surface area contributed by atoms with Crippen LogP contribution in [0.2, 0.25) is 0 Å². The maximum Gasteiger partial charge on any atom is 0.310 e. The number of carbonyl (C=O) groups is 2. The largest absolute Gasteiger partial charge is 0.481 e. The molecule has 2 unspecified atom stereocenters. The van der Waals surface area contributed by atoms with Crippen molar-refractivity contribution < 1.29 is 19.8 Å². The molecule has 2 rings (SSSR count). The first-order chi connectivity index (χ1) is 16.4. The van der Waals surface area contributed by atoms with Gasteiger partial charge in [-0.05, 0) is 103 Å². The second kappa shape index (κ2) is 10.9. The summed E-state index contributed by atoms with van der Waals surface area (Å²) in [6, 6.07) is 0. The van der Waals surface area contributed by atoms with E-state index in [1.807, 2.05) is 0 Å². The fraction of sp³-hybridized carbons (Fsp3) is 0.933. The molecule has 210 valence electrons. The highest BCUT2D eigenvalue weighted by Gasteiger charge is 2.66. The van der Waals surface area contributed by atoms with Gasteiger partial charge >= 0.3 is 11.9 Å². The van der Waals surface area contributed by atoms with Crippen LogP contribution in [0.5, 0.6) is 0 Å². The van der Waals surface area contributed by atoms with Crippen molar-refractivity contribution in [2.75, 3.05) is 27.2 Å². The Balaban J connectivity index is 2.49. The zero-order chi connectivity index (χ0) is 27.7. The van der Waals surface area contributed by atoms with E-state index in [0.717, 1.165) is 51.6 Å². The summed E-state index contributed by atoms with van der Waals surface area (Å²) < 4.78 is 0. The van der Waals surface area contributed by atoms with E-state index in [2.05, 4.69) is 79.3 Å². The summed E-state index contributed by atoms with van der Waals surface area (Å²) in [7, 11) is 4.36. The Labute approximate surface area is 221 Å². The van der Waals surface area contributed by atoms with Crippen LogP contribution in [0.15, 0.2) is 0 Å². The molecule has 2 atom stereocenters. The maximum absolute atomic E-state index is 13.7. The first-order valence-electron chi connectivity index (χ1n) is 14.3. The van der Waals surface area contributed by atoms with Gasteiger partial charge in [0.2, 0.25) is 0 Å². The summed E-state index contributed by atoms with van der Waals surface area (Å²) in [5.74, 6) is -1.20. The van der Waals surface area contributed by atoms with E-state index in [1.54, 1.807) is 0 Å². The molecule has 0 spiro atoms. The molecule has 2 fully saturated rings. The van der Waals surface area contributed by atoms with Gasteiger partial charge in [0.1, 0.15) is 0 Å². The molecule has 0 radical (unpaired) electrons. The van der Waals surface area contributed by atoms with Crippen LogP contribution in [-0.4, -0.2) is 70.2 Å². The van der Waals surface area contributed by atoms with Gasteiger partial charge in [0.15, 0.2) is 0 Å². The molecule has 2 aliphatic heterocycles. The maximum atomic E-state index is 13.7. The van der Waals surface area contributed by atoms with Gasteiger partial charge in [-0.2, -0.15) is 0 Å². The van der Waals surface area contributed by atoms with E-state index in [4.69, 9.17) is 5.11 Å². The standard InChI is InChI=1S/C30H56N2O4/c1-26(2)22(17-20-31(9)28(26,5)6)30(25(35)36,19-15-13-11-12-14-16-24(33)34)23-18-21-32(10)29(7,8)27(23,3)4/h22-23H,11-21H2,1-10H3,(H,33,34)(H,35,36). The third-order valence-corrected chi connectivity index (χ3v) is 11.9. The molecule has 2 heterocycles. The summed E-state index contributed by atoms with van der Waals surface area (Å²) in [5.41, 5.74) is -1.38. The SMILES string of the molecule is CN1CCC(C(CCCCCCCC(=O)O)(C(=O)O)C2CCN(C)C(C)(C)C2(C)C)C(C)(C)C1(C)C. The van der Waals surface area contributed by atoms with Gasteiger partial charge in [0.05, 0.1) is 5.41 Å². The molecular formula is C30H56N2O4. The average Bonchev–Trinajstić information content (AvgIpc) is 2.74. The number of rotatable bonds is 11. The molecular weight excluding hydrogens is 452 g/mol. The van der Waals surface area contributed by atoms with Crippen molar-refractivity contribution in [2.24, 2.45) is 28.1 Å². The number of likely N-dealkylation sites (tertiary alicyclic amines) is 2. The summed E-state index contributed by atoms with van der Waals surface area (Å²) >= 11 is 0. The van der Waals surface area contributed by atoms with Gasteiger partial charge in [0.25, 0.3) is 0 Å². The fourth-order valence-corrected chi connectivity index (χ4v) is 7.79. The summed E-state index contributed by atoms with van der Waals surface area (Å²) in [4.78, 5) is 29.4. The molecule has 36 heavy (non-hydrogen) atoms. The Bertz CT molecular complexity index is 744. The lowest BCUT2D eigenvalue weighted by Gasteiger charge is -2.66. The molecule has 2 N–H and O–H groups in total. The first kappa shape index (κ1) is 31.1. The monoisotopic (exact) mass is 508 g/mol. The van der Waals surface area contributed by atoms with Crippen molar-refractivity contribution in [2.45, 2.75) is 124 Å². The fourth-order valence-electron chi connectivity index (χ4n) is 7.79. The number of hydrogen-bond donors (Lipinski definition) is 2. The summed E-state index contributed by atoms with van der Waals surface area (Å²) in [5, 5.41) is 20.2. The van der Waals surface area contributed by atoms with Crippen molar-refractivity contribution in [1.29, 1.82) is 0 Å². The van der Waals surface area contributed by atoms with Crippen LogP contribution in [0.1, 0.15) is 113 Å². The van der Waals surface area contributed by atoms with Crippen molar-refractivity contribution >= 4 is 11.9 Å². The number of piperidine rings is 2. The van der Waals surface area contributed by atoms with Gasteiger partial charge in [-0.1, -0.05) is 53.4 Å². The third-order valence-electron chi connectivity index (χ3n) is 11.9. The second-order valence-electron chi connectivity index (χ2n) is 14.1. The highest BCUT2D eigenvalue weighted by Crippen LogP contribution is 2.64. The van der Waals surface area contributed by atoms with Crippen LogP contribution in [0.4, 0.5) is 0 Å². The van der Waals surface area contributed by atoms with Crippen molar-refractivity contribution in [1.82, 2.24) is 9.80 Å². The Morgan fingerprint density at radius 2 is 1.11 bits per heavy atom. The molecule has 0 amide bonds. The number of aliphatic carboxylic acids is 2. The van der Waals surface area contributed by atoms with E-state index in [-0.39, 0.29) is 40.2 Å². The van der Waals surface area contributed by atoms with Crippen molar-refractivity contribution in [3.8, 4) is 0 Å². The Morgan fingerprint density at radius 3 is 1.50 bits per heavy atom. The molecule has 0 aromatic rings. The van der Waals surface area contributed by atoms with Gasteiger partial charge in [-0.25, -0.2) is 0 Å². The van der Waals surface area contributed by atoms with Crippen molar-refractivity contribution in [3.05, 3.63) is 0 Å². The van der Waals surface area contributed by atoms with Crippen molar-refractivity contribution in [3.63, 3.8) is 0 Å². The number of hydrogen-bond acceptors (Lipinski definition) is 4. The third kappa shape index (κ3) is 5.23. The van der Waals surface area contributed by atoms with Crippen LogP contribution in [0.3, 0.4) is 0 Å². The molecule has 0 aromatic heterocycles. The van der Waals surface area contributed by atoms with Gasteiger partial charge < -0.3 is 20.0 Å². The van der Waals surface area contributed by atoms with E-state index in [9.17, 15) is 14.7 Å². The second-order valence-corrected chi connectivity index (χ2v) is 14.1. The van der Waals surface area contributed by atoms with Crippen LogP contribution in [-0.2, 0) is 9.59 Å². The normalized spacial score (nSPS) is 29.4. The van der Waals surface area contributed by atoms with E-state index in [0.29, 0.717) is 12.8 Å². The average molecular weight is 509 g/mol. The first-order valence-corrected chi connectivity index (χ1v) is 14.3. The van der Waals surface area contributed by atoms with Crippen LogP contribution in [0.25, 0.3) is 0 Å². The highest BCUT2D eigenvalue weighted by molar-refractivity contribution is 5.76. The quantitative estimate of drug-likeness (QED) is 0.315. The molecule has 0 aliphatic carbocycles. The zero-order valence-electron chi connectivity index (χ0n) is 25.0. The lowest BCUT2D eigenvalue weighted by molar-refractivity contribution is -0.202. The lowest BCUT2D eigenvalue weighted by Crippen LogP contribution is -2.69. The molecule has 0 aromatic carbocycles. The predicted octanol–water partition coefficient (Wildman–Crippen LogP) is 6.39. The van der Waals surface area contributed by atoms with E-state index in [1.165, 1.54) is 0 Å². The molecule has 6 heteroatoms. The number of nitrogens with zero attached hydrogens (tertiary/aromatic N) is 2. The number of carboxylic acids is 2. The minimum atomic E-state index is -0.800. The zero-order valence-corrected chi connectivity index (χ0v) is 25.0. The molecule has 6 nitrogen and oxygen atoms in total. The molecule has 2 aliphatic rings. The van der Waals surface area contributed by atoms with Gasteiger partial charge in [-0.3, -0.25) is 9.59 Å². The predicted molar refractivity (Wildman–Crippen MR) is 147 cm³/mol. The van der Waals surface area contributed by atoms with Gasteiger partial charge in [-0.15, -0.1) is 0 Å². The Morgan fingerprint density at radius 1 is 0.722 bits per heavy atom. The Kier molecular flexibility index (Phi) is 9.43. The highest BCUT2D eigenvalue weighted by atomic mass is 16.4. The number of unbranched alkanes of at least 4 members (excludes halogenated alkanes) is 4. The smallest absolute Gasteiger partial charge is 0.310 e. The minimum absolute atomic E-state index is 0.0733. The van der Waals surface area contributed by atoms with Crippen LogP contribution < -0.4 is 0 Å². The van der Waals surface area contributed by atoms with E-state index >= 15 is 0 Å². The minimum Gasteiger partial charge on any atom is -0.481 e. The van der Waals surface area contributed by atoms with E-state index < -0.39 is 17.4 Å². The number of carboxylic acid groups (broad SMARTS) is 2. The van der Waals surface area contributed by atoms with Gasteiger partial charge in [0, 0.05) is 17.5 Å². The topological polar surface area (TPSA) is 81.1 Å². The van der Waals surface area contributed by atoms with Crippen LogP contribution >= 0.6 is 0 Å². The lowest BCUT2D eigenvalue weighted by atomic mass is 9.43. The summed E-state index contributed by atoms with van der Waals surface area (Å²) in [6.45, 7) is 20.2. The van der Waals surface area contributed by atoms with Crippen LogP contribution in [0, 0.1) is 28.1 Å². The molecule has 0 bridgehead atoms.